The maximum atomic E-state index is 13.9. The van der Waals surface area contributed by atoms with Gasteiger partial charge in [-0.3, -0.25) is 4.79 Å². The van der Waals surface area contributed by atoms with E-state index < -0.39 is 29.2 Å². The smallest absolute Gasteiger partial charge is 0.339 e. The third-order valence-corrected chi connectivity index (χ3v) is 7.15. The number of anilines is 1. The highest BCUT2D eigenvalue weighted by atomic mass is 19.4. The van der Waals surface area contributed by atoms with E-state index in [1.54, 1.807) is 0 Å². The van der Waals surface area contributed by atoms with E-state index in [-0.39, 0.29) is 39.9 Å². The van der Waals surface area contributed by atoms with Gasteiger partial charge in [-0.15, -0.1) is 0 Å². The number of hydrogen-bond donors (Lipinski definition) is 1. The van der Waals surface area contributed by atoms with Crippen LogP contribution in [0.3, 0.4) is 0 Å². The molecule has 0 radical (unpaired) electrons. The summed E-state index contributed by atoms with van der Waals surface area (Å²) in [4.78, 5) is 26.1. The van der Waals surface area contributed by atoms with Gasteiger partial charge in [0.1, 0.15) is 0 Å². The number of rotatable bonds is 3. The summed E-state index contributed by atoms with van der Waals surface area (Å²) in [6.45, 7) is 3.46. The number of carbonyl (C=O) groups is 1. The summed E-state index contributed by atoms with van der Waals surface area (Å²) in [6.07, 6.45) is -3.10. The number of aromatic amines is 1. The second-order valence-corrected chi connectivity index (χ2v) is 9.62. The van der Waals surface area contributed by atoms with E-state index in [2.05, 4.69) is 14.9 Å². The average Bonchev–Trinajstić information content (AvgIpc) is 3.30. The van der Waals surface area contributed by atoms with Gasteiger partial charge in [-0.1, -0.05) is 0 Å². The second-order valence-electron chi connectivity index (χ2n) is 9.62. The van der Waals surface area contributed by atoms with Crippen LogP contribution in [0.15, 0.2) is 24.3 Å². The number of carbonyl (C=O) groups excluding carboxylic acids is 1. The van der Waals surface area contributed by atoms with Gasteiger partial charge in [0, 0.05) is 37.7 Å². The van der Waals surface area contributed by atoms with Crippen LogP contribution in [0.25, 0.3) is 22.2 Å². The molecule has 0 saturated carbocycles. The Balaban J connectivity index is 1.42. The summed E-state index contributed by atoms with van der Waals surface area (Å²) < 4.78 is 82.1. The van der Waals surface area contributed by atoms with Crippen LogP contribution in [0.4, 0.5) is 32.3 Å². The zero-order chi connectivity index (χ0) is 26.5. The fourth-order valence-corrected chi connectivity index (χ4v) is 5.00. The molecule has 1 amide bonds. The molecule has 198 valence electrons. The Morgan fingerprint density at radius 1 is 0.946 bits per heavy atom. The number of hydrogen-bond acceptors (Lipinski definition) is 4. The number of H-pyrrole nitrogens is 1. The average molecular weight is 525 g/mol. The van der Waals surface area contributed by atoms with Crippen molar-refractivity contribution in [1.82, 2.24) is 19.8 Å². The number of imidazole rings is 1. The molecule has 12 heteroatoms. The number of likely N-dealkylation sites (tertiary alicyclic amines) is 1. The normalized spacial score (nSPS) is 18.1. The highest BCUT2D eigenvalue weighted by molar-refractivity contribution is 5.94. The molecule has 2 fully saturated rings. The molecule has 2 aliphatic rings. The van der Waals surface area contributed by atoms with Crippen molar-refractivity contribution in [3.05, 3.63) is 47.3 Å². The molecule has 3 aromatic rings. The molecule has 0 atom stereocenters. The lowest BCUT2D eigenvalue weighted by Gasteiger charge is -2.38. The van der Waals surface area contributed by atoms with Gasteiger partial charge >= 0.3 is 6.18 Å². The van der Waals surface area contributed by atoms with Gasteiger partial charge in [-0.2, -0.15) is 13.2 Å². The second kappa shape index (κ2) is 9.55. The minimum absolute atomic E-state index is 0.00574. The summed E-state index contributed by atoms with van der Waals surface area (Å²) in [7, 11) is 2.03. The highest BCUT2D eigenvalue weighted by Crippen LogP contribution is 2.38. The first kappa shape index (κ1) is 25.4. The Kier molecular flexibility index (Phi) is 6.55. The van der Waals surface area contributed by atoms with E-state index in [0.29, 0.717) is 38.3 Å². The fourth-order valence-electron chi connectivity index (χ4n) is 5.00. The Morgan fingerprint density at radius 2 is 1.57 bits per heavy atom. The number of benzene rings is 2. The Labute approximate surface area is 208 Å². The largest absolute Gasteiger partial charge is 0.416 e. The number of piperidine rings is 1. The third-order valence-electron chi connectivity index (χ3n) is 7.15. The van der Waals surface area contributed by atoms with Gasteiger partial charge in [-0.25, -0.2) is 18.2 Å². The quantitative estimate of drug-likeness (QED) is 0.400. The van der Waals surface area contributed by atoms with Crippen LogP contribution in [0.5, 0.6) is 0 Å². The molecular weight excluding hydrogens is 500 g/mol. The summed E-state index contributed by atoms with van der Waals surface area (Å²) in [5.74, 6) is -4.33. The molecule has 0 aliphatic carbocycles. The predicted molar refractivity (Wildman–Crippen MR) is 125 cm³/mol. The summed E-state index contributed by atoms with van der Waals surface area (Å²) in [6, 6.07) is 2.92. The first-order valence-corrected chi connectivity index (χ1v) is 12.0. The molecule has 0 spiro atoms. The first-order valence-electron chi connectivity index (χ1n) is 12.0. The SMILES string of the molecule is CN1CCC(C(=O)N2CCN(c3nc4c(-c5cc(F)c(F)c(F)c5)cc(C(F)(F)F)cc4[nH]3)CC2)CC1. The van der Waals surface area contributed by atoms with Crippen molar-refractivity contribution >= 4 is 22.9 Å². The molecule has 37 heavy (non-hydrogen) atoms. The summed E-state index contributed by atoms with van der Waals surface area (Å²) in [5, 5.41) is 0. The van der Waals surface area contributed by atoms with E-state index >= 15 is 0 Å². The van der Waals surface area contributed by atoms with Gasteiger partial charge in [0.25, 0.3) is 0 Å². The van der Waals surface area contributed by atoms with Crippen LogP contribution in [0.2, 0.25) is 0 Å². The van der Waals surface area contributed by atoms with Crippen molar-refractivity contribution in [2.24, 2.45) is 5.92 Å². The number of halogens is 6. The number of fused-ring (bicyclic) bond motifs is 1. The number of amides is 1. The lowest BCUT2D eigenvalue weighted by atomic mass is 9.95. The number of nitrogens with zero attached hydrogens (tertiary/aromatic N) is 4. The molecule has 3 heterocycles. The third kappa shape index (κ3) is 4.98. The Hall–Kier alpha value is -3.28. The minimum Gasteiger partial charge on any atom is -0.339 e. The van der Waals surface area contributed by atoms with Gasteiger partial charge in [0.15, 0.2) is 17.5 Å². The number of alkyl halides is 3. The molecule has 2 aromatic carbocycles. The molecule has 5 rings (SSSR count). The van der Waals surface area contributed by atoms with Gasteiger partial charge in [0.2, 0.25) is 11.9 Å². The van der Waals surface area contributed by atoms with E-state index in [4.69, 9.17) is 0 Å². The Bertz CT molecular complexity index is 1300. The number of nitrogens with one attached hydrogen (secondary N) is 1. The van der Waals surface area contributed by atoms with E-state index in [1.165, 1.54) is 0 Å². The maximum Gasteiger partial charge on any atom is 0.416 e. The molecule has 2 saturated heterocycles. The van der Waals surface area contributed by atoms with Gasteiger partial charge in [-0.05, 0) is 62.8 Å². The topological polar surface area (TPSA) is 55.5 Å². The lowest BCUT2D eigenvalue weighted by Crippen LogP contribution is -2.51. The van der Waals surface area contributed by atoms with E-state index in [1.807, 2.05) is 16.8 Å². The number of aromatic nitrogens is 2. The van der Waals surface area contributed by atoms with Crippen LogP contribution >= 0.6 is 0 Å². The molecular formula is C25H25F6N5O. The molecule has 0 unspecified atom stereocenters. The highest BCUT2D eigenvalue weighted by Gasteiger charge is 2.33. The minimum atomic E-state index is -4.73. The zero-order valence-electron chi connectivity index (χ0n) is 20.0. The van der Waals surface area contributed by atoms with Crippen molar-refractivity contribution in [2.45, 2.75) is 19.0 Å². The van der Waals surface area contributed by atoms with Crippen molar-refractivity contribution < 1.29 is 31.1 Å². The fraction of sp³-hybridized carbons (Fsp3) is 0.440. The molecule has 1 N–H and O–H groups in total. The van der Waals surface area contributed by atoms with E-state index in [0.717, 1.165) is 38.1 Å². The molecule has 2 aliphatic heterocycles. The zero-order valence-corrected chi connectivity index (χ0v) is 20.0. The predicted octanol–water partition coefficient (Wildman–Crippen LogP) is 4.66. The molecule has 1 aromatic heterocycles. The van der Waals surface area contributed by atoms with Crippen molar-refractivity contribution in [3.63, 3.8) is 0 Å². The molecule has 0 bridgehead atoms. The van der Waals surface area contributed by atoms with Crippen LogP contribution in [0, 0.1) is 23.4 Å². The molecule has 6 nitrogen and oxygen atoms in total. The van der Waals surface area contributed by atoms with Crippen molar-refractivity contribution in [2.75, 3.05) is 51.2 Å². The van der Waals surface area contributed by atoms with Crippen molar-refractivity contribution in [3.8, 4) is 11.1 Å². The first-order chi connectivity index (χ1) is 17.5. The maximum absolute atomic E-state index is 13.9. The van der Waals surface area contributed by atoms with Crippen LogP contribution in [0.1, 0.15) is 18.4 Å². The van der Waals surface area contributed by atoms with Crippen LogP contribution in [-0.2, 0) is 11.0 Å². The van der Waals surface area contributed by atoms with Crippen molar-refractivity contribution in [1.29, 1.82) is 0 Å². The summed E-state index contributed by atoms with van der Waals surface area (Å²) >= 11 is 0. The van der Waals surface area contributed by atoms with Crippen LogP contribution < -0.4 is 4.90 Å². The van der Waals surface area contributed by atoms with Gasteiger partial charge < -0.3 is 19.7 Å². The summed E-state index contributed by atoms with van der Waals surface area (Å²) in [5.41, 5.74) is -1.39. The lowest BCUT2D eigenvalue weighted by molar-refractivity contribution is -0.138. The Morgan fingerprint density at radius 3 is 2.16 bits per heavy atom. The number of piperazine rings is 1. The van der Waals surface area contributed by atoms with Crippen LogP contribution in [-0.4, -0.2) is 72.0 Å². The van der Waals surface area contributed by atoms with Gasteiger partial charge in [0.05, 0.1) is 16.6 Å². The standard InChI is InChI=1S/C25H25F6N5O/c1-34-4-2-14(3-5-34)23(37)35-6-8-36(9-7-35)24-32-20-13-16(25(29,30)31)12-17(22(20)33-24)15-10-18(26)21(28)19(27)11-15/h10-14H,2-9H2,1H3,(H,32,33). The monoisotopic (exact) mass is 525 g/mol. The van der Waals surface area contributed by atoms with E-state index in [9.17, 15) is 31.1 Å².